The largest absolute Gasteiger partial charge is 0.438 e. The molecule has 9 rings (SSSR count). The summed E-state index contributed by atoms with van der Waals surface area (Å²) in [5.74, 6) is 1.89. The lowest BCUT2D eigenvalue weighted by atomic mass is 10.0. The van der Waals surface area contributed by atoms with Crippen molar-refractivity contribution < 1.29 is 4.42 Å². The van der Waals surface area contributed by atoms with Gasteiger partial charge in [-0.3, -0.25) is 0 Å². The fourth-order valence-corrected chi connectivity index (χ4v) is 5.96. The van der Waals surface area contributed by atoms with Crippen molar-refractivity contribution in [1.29, 1.82) is 0 Å². The number of para-hydroxylation sites is 1. The second-order valence-electron chi connectivity index (χ2n) is 11.4. The first-order chi connectivity index (χ1) is 23.2. The third-order valence-corrected chi connectivity index (χ3v) is 8.35. The monoisotopic (exact) mass is 603 g/mol. The summed E-state index contributed by atoms with van der Waals surface area (Å²) in [6.07, 6.45) is 0. The van der Waals surface area contributed by atoms with Gasteiger partial charge in [-0.2, -0.15) is 0 Å². The van der Waals surface area contributed by atoms with Crippen molar-refractivity contribution in [2.75, 3.05) is 0 Å². The van der Waals surface area contributed by atoms with Gasteiger partial charge >= 0.3 is 0 Å². The van der Waals surface area contributed by atoms with Crippen LogP contribution in [0.15, 0.2) is 156 Å². The molecule has 9 aromatic rings. The molecule has 0 radical (unpaired) electrons. The van der Waals surface area contributed by atoms with Crippen LogP contribution >= 0.6 is 0 Å². The van der Waals surface area contributed by atoms with Crippen LogP contribution in [-0.4, -0.2) is 24.9 Å². The number of pyridine rings is 2. The second kappa shape index (κ2) is 11.1. The van der Waals surface area contributed by atoms with Crippen LogP contribution < -0.4 is 0 Å². The fourth-order valence-electron chi connectivity index (χ4n) is 5.96. The smallest absolute Gasteiger partial charge is 0.227 e. The number of hydrogen-bond donors (Lipinski definition) is 0. The Kier molecular flexibility index (Phi) is 6.35. The van der Waals surface area contributed by atoms with E-state index >= 15 is 0 Å². The van der Waals surface area contributed by atoms with E-state index < -0.39 is 0 Å². The standard InChI is InChI=1S/C41H25N5O/c1-3-10-27(11-4-1)38-44-39(28-12-5-2-6-13-28)46-40(45-38)31-15-9-14-29(24-31)30-19-18-26-20-22-34(42-36(26)25-30)35-23-21-33-32-16-7-8-17-37(32)47-41(33)43-35/h1-25H. The lowest BCUT2D eigenvalue weighted by Crippen LogP contribution is -2.00. The van der Waals surface area contributed by atoms with Gasteiger partial charge in [0.15, 0.2) is 17.5 Å². The van der Waals surface area contributed by atoms with Gasteiger partial charge in [-0.05, 0) is 47.5 Å². The third-order valence-electron chi connectivity index (χ3n) is 8.35. The first kappa shape index (κ1) is 26.8. The molecule has 0 atom stereocenters. The SMILES string of the molecule is c1ccc(-c2nc(-c3ccccc3)nc(-c3cccc(-c4ccc5ccc(-c6ccc7c(n6)oc6ccccc67)nc5c4)c3)n2)cc1. The van der Waals surface area contributed by atoms with E-state index in [0.717, 1.165) is 66.5 Å². The molecule has 0 saturated carbocycles. The molecule has 6 heteroatoms. The Hall–Kier alpha value is -6.53. The second-order valence-corrected chi connectivity index (χ2v) is 11.4. The Bertz CT molecular complexity index is 2520. The average molecular weight is 604 g/mol. The van der Waals surface area contributed by atoms with E-state index in [1.165, 1.54) is 0 Å². The minimum Gasteiger partial charge on any atom is -0.438 e. The number of fused-ring (bicyclic) bond motifs is 4. The van der Waals surface area contributed by atoms with Crippen molar-refractivity contribution in [3.63, 3.8) is 0 Å². The third kappa shape index (κ3) is 4.98. The quantitative estimate of drug-likeness (QED) is 0.195. The van der Waals surface area contributed by atoms with Crippen LogP contribution in [0, 0.1) is 0 Å². The van der Waals surface area contributed by atoms with Crippen LogP contribution in [0.2, 0.25) is 0 Å². The van der Waals surface area contributed by atoms with Crippen molar-refractivity contribution in [3.05, 3.63) is 152 Å². The molecule has 6 nitrogen and oxygen atoms in total. The minimum atomic E-state index is 0.611. The van der Waals surface area contributed by atoms with Crippen LogP contribution in [0.25, 0.3) is 89.7 Å². The molecule has 4 heterocycles. The summed E-state index contributed by atoms with van der Waals surface area (Å²) in [6.45, 7) is 0. The summed E-state index contributed by atoms with van der Waals surface area (Å²) in [7, 11) is 0. The van der Waals surface area contributed by atoms with Gasteiger partial charge in [-0.25, -0.2) is 24.9 Å². The summed E-state index contributed by atoms with van der Waals surface area (Å²) in [5.41, 5.74) is 8.76. The van der Waals surface area contributed by atoms with Crippen molar-refractivity contribution in [3.8, 4) is 56.7 Å². The number of nitrogens with zero attached hydrogens (tertiary/aromatic N) is 5. The average Bonchev–Trinajstić information content (AvgIpc) is 3.53. The van der Waals surface area contributed by atoms with Crippen LogP contribution in [0.1, 0.15) is 0 Å². The number of furan rings is 1. The maximum Gasteiger partial charge on any atom is 0.227 e. The molecule has 0 amide bonds. The first-order valence-corrected chi connectivity index (χ1v) is 15.4. The maximum atomic E-state index is 6.04. The Morgan fingerprint density at radius 1 is 0.362 bits per heavy atom. The van der Waals surface area contributed by atoms with Gasteiger partial charge in [0.25, 0.3) is 0 Å². The molecule has 0 aliphatic heterocycles. The summed E-state index contributed by atoms with van der Waals surface area (Å²) in [5, 5.41) is 3.11. The van der Waals surface area contributed by atoms with Crippen molar-refractivity contribution in [2.45, 2.75) is 0 Å². The fraction of sp³-hybridized carbons (Fsp3) is 0. The van der Waals surface area contributed by atoms with Gasteiger partial charge in [0.1, 0.15) is 5.58 Å². The highest BCUT2D eigenvalue weighted by Crippen LogP contribution is 2.32. The minimum absolute atomic E-state index is 0.611. The van der Waals surface area contributed by atoms with Crippen molar-refractivity contribution in [2.24, 2.45) is 0 Å². The lowest BCUT2D eigenvalue weighted by molar-refractivity contribution is 0.654. The van der Waals surface area contributed by atoms with E-state index in [9.17, 15) is 0 Å². The van der Waals surface area contributed by atoms with E-state index in [-0.39, 0.29) is 0 Å². The Balaban J connectivity index is 1.10. The van der Waals surface area contributed by atoms with Crippen LogP contribution in [-0.2, 0) is 0 Å². The van der Waals surface area contributed by atoms with Crippen LogP contribution in [0.5, 0.6) is 0 Å². The normalized spacial score (nSPS) is 11.4. The maximum absolute atomic E-state index is 6.04. The van der Waals surface area contributed by atoms with E-state index in [2.05, 4.69) is 48.5 Å². The van der Waals surface area contributed by atoms with Gasteiger partial charge in [0.05, 0.1) is 16.9 Å². The molecule has 220 valence electrons. The number of aromatic nitrogens is 5. The number of benzene rings is 5. The topological polar surface area (TPSA) is 77.6 Å². The molecule has 0 unspecified atom stereocenters. The molecule has 5 aromatic carbocycles. The van der Waals surface area contributed by atoms with Gasteiger partial charge in [0.2, 0.25) is 5.71 Å². The van der Waals surface area contributed by atoms with Crippen molar-refractivity contribution >= 4 is 33.0 Å². The van der Waals surface area contributed by atoms with E-state index in [1.54, 1.807) is 0 Å². The molecular formula is C41H25N5O. The highest BCUT2D eigenvalue weighted by atomic mass is 16.3. The van der Waals surface area contributed by atoms with Gasteiger partial charge in [-0.15, -0.1) is 0 Å². The van der Waals surface area contributed by atoms with E-state index in [4.69, 9.17) is 29.3 Å². The summed E-state index contributed by atoms with van der Waals surface area (Å²) in [4.78, 5) is 24.5. The van der Waals surface area contributed by atoms with Gasteiger partial charge < -0.3 is 4.42 Å². The van der Waals surface area contributed by atoms with Gasteiger partial charge in [-0.1, -0.05) is 115 Å². The highest BCUT2D eigenvalue weighted by molar-refractivity contribution is 6.04. The molecule has 0 saturated heterocycles. The Morgan fingerprint density at radius 3 is 1.70 bits per heavy atom. The number of rotatable bonds is 5. The van der Waals surface area contributed by atoms with Crippen molar-refractivity contribution in [1.82, 2.24) is 24.9 Å². The number of hydrogen-bond acceptors (Lipinski definition) is 6. The molecule has 0 fully saturated rings. The molecule has 4 aromatic heterocycles. The molecule has 0 bridgehead atoms. The summed E-state index contributed by atoms with van der Waals surface area (Å²) in [6, 6.07) is 50.9. The molecular weight excluding hydrogens is 578 g/mol. The van der Waals surface area contributed by atoms with Gasteiger partial charge in [0, 0.05) is 32.8 Å². The predicted molar refractivity (Wildman–Crippen MR) is 187 cm³/mol. The Morgan fingerprint density at radius 2 is 0.936 bits per heavy atom. The zero-order valence-corrected chi connectivity index (χ0v) is 25.1. The summed E-state index contributed by atoms with van der Waals surface area (Å²) >= 11 is 0. The zero-order valence-electron chi connectivity index (χ0n) is 25.1. The summed E-state index contributed by atoms with van der Waals surface area (Å²) < 4.78 is 6.04. The molecule has 0 aliphatic carbocycles. The Labute approximate surface area is 270 Å². The molecule has 0 N–H and O–H groups in total. The zero-order chi connectivity index (χ0) is 31.2. The van der Waals surface area contributed by atoms with E-state index in [1.807, 2.05) is 103 Å². The molecule has 0 spiro atoms. The van der Waals surface area contributed by atoms with Crippen LogP contribution in [0.3, 0.4) is 0 Å². The lowest BCUT2D eigenvalue weighted by Gasteiger charge is -2.10. The molecule has 47 heavy (non-hydrogen) atoms. The van der Waals surface area contributed by atoms with E-state index in [0.29, 0.717) is 23.2 Å². The first-order valence-electron chi connectivity index (χ1n) is 15.4. The van der Waals surface area contributed by atoms with Crippen LogP contribution in [0.4, 0.5) is 0 Å². The highest BCUT2D eigenvalue weighted by Gasteiger charge is 2.14. The predicted octanol–water partition coefficient (Wildman–Crippen LogP) is 10.0. The molecule has 0 aliphatic rings.